The van der Waals surface area contributed by atoms with E-state index in [0.29, 0.717) is 124 Å². The number of pyridine rings is 4. The van der Waals surface area contributed by atoms with Gasteiger partial charge in [-0.2, -0.15) is 0 Å². The van der Waals surface area contributed by atoms with Crippen molar-refractivity contribution in [3.63, 3.8) is 0 Å². The van der Waals surface area contributed by atoms with E-state index in [0.717, 1.165) is 169 Å². The van der Waals surface area contributed by atoms with Crippen LogP contribution in [0.25, 0.3) is 32.9 Å². The van der Waals surface area contributed by atoms with E-state index in [1.807, 2.05) is 93.6 Å². The van der Waals surface area contributed by atoms with Gasteiger partial charge in [0.05, 0.1) is 66.4 Å². The van der Waals surface area contributed by atoms with E-state index in [9.17, 15) is 38.4 Å². The summed E-state index contributed by atoms with van der Waals surface area (Å²) in [5.74, 6) is 1.27. The summed E-state index contributed by atoms with van der Waals surface area (Å²) in [7, 11) is 0. The van der Waals surface area contributed by atoms with Gasteiger partial charge in [0.1, 0.15) is 45.8 Å². The third kappa shape index (κ3) is 20.6. The molecule has 9 aliphatic rings. The molecule has 8 fully saturated rings. The largest absolute Gasteiger partial charge is 0.493 e. The molecule has 20 rings (SSSR count). The van der Waals surface area contributed by atoms with Crippen LogP contribution in [0.1, 0.15) is 251 Å². The molecular formula is C99H122BN14O16. The fraction of sp³-hybridized carbons (Fsp3) is 0.414. The predicted octanol–water partition coefficient (Wildman–Crippen LogP) is 16.5. The standard InChI is InChI=1S/C25H29N3O4.C23H24N4O3.C23H23N3O4.C15H21N3O2.C10H8O3.3CH4.B.H3N.H2/c1-3-31-25(30)17-5-9-22(26-14-17)28-19-6-7-20(28)13-18(12-19)27-24(29)21-8-4-16-10-11-32-23(16)15(21)2;1-13-19(6-2-14-8-9-30-21(13)14)23(29)26-16-10-17-4-5-18(11-16)27(17)20-7-3-15(12-25-20)22(24)28;1-13-19(6-2-14-8-9-30-21(13)14)22(27)25-16-10-17-4-5-18(11-16)26(17)20-7-3-15(12-24-20)23(28)29;1-2-20-15(19)10-3-6-14(17-9-10)18-12-4-5-13(18)8-11(16)7-12;1-6-8(10(11)12)3-2-7-4-5-13-9(6)7;;;;;;/h4-5,8-9,14,18-20H,3,6-7,10-13H2,1-2H3,(H,27,29);2-3,6-9,12,16-18H,4-5,10-11H2,1H3,(H2,24,28)(H,26,29);2-3,6-9,12,16-18H,4-5,10-11H2,1H3,(H,25,27)(H,28,29);3,6,9,11-13H,2,4-5,7-8,16H2,1H3;2-5H,1H3,(H,11,12);3*1H4;;1H3;1H/i;;;;;;;;;;1+1. The van der Waals surface area contributed by atoms with Crippen LogP contribution in [0.15, 0.2) is 172 Å². The number of aryl methyl sites for hydroxylation is 3. The van der Waals surface area contributed by atoms with Crippen LogP contribution < -0.4 is 57.9 Å². The summed E-state index contributed by atoms with van der Waals surface area (Å²) in [6.45, 7) is 12.6. The molecule has 0 saturated carbocycles. The Morgan fingerprint density at radius 2 is 0.723 bits per heavy atom. The quantitative estimate of drug-likeness (QED) is 0.0310. The van der Waals surface area contributed by atoms with Crippen molar-refractivity contribution in [3.05, 3.63) is 231 Å². The first-order valence-electron chi connectivity index (χ1n) is 43.4. The van der Waals surface area contributed by atoms with E-state index in [1.165, 1.54) is 24.6 Å². The number of benzene rings is 4. The number of aromatic carboxylic acids is 2. The number of piperidine rings is 4. The number of carbonyl (C=O) groups excluding carboxylic acids is 6. The summed E-state index contributed by atoms with van der Waals surface area (Å²) in [4.78, 5) is 123. The molecule has 4 amide bonds. The molecule has 0 aliphatic carbocycles. The minimum absolute atomic E-state index is 0. The molecule has 30 nitrogen and oxygen atoms in total. The number of rotatable bonds is 17. The van der Waals surface area contributed by atoms with Gasteiger partial charge in [0.25, 0.3) is 17.7 Å². The molecule has 7 aromatic heterocycles. The van der Waals surface area contributed by atoms with Crippen molar-refractivity contribution >= 4 is 112 Å². The molecule has 31 heteroatoms. The molecule has 9 aliphatic heterocycles. The number of ether oxygens (including phenoxy) is 3. The molecule has 687 valence electrons. The van der Waals surface area contributed by atoms with Crippen LogP contribution in [-0.2, 0) is 15.9 Å². The van der Waals surface area contributed by atoms with Gasteiger partial charge in [-0.1, -0.05) is 46.5 Å². The maximum atomic E-state index is 13.0. The number of carboxylic acid groups (broad SMARTS) is 2. The number of fused-ring (bicyclic) bond motifs is 12. The molecule has 3 radical (unpaired) electrons. The number of amides is 4. The zero-order valence-electron chi connectivity index (χ0n) is 72.2. The molecule has 130 heavy (non-hydrogen) atoms. The van der Waals surface area contributed by atoms with Gasteiger partial charge in [-0.15, -0.1) is 0 Å². The van der Waals surface area contributed by atoms with Crippen LogP contribution in [0.2, 0.25) is 0 Å². The predicted molar refractivity (Wildman–Crippen MR) is 503 cm³/mol. The summed E-state index contributed by atoms with van der Waals surface area (Å²) in [5, 5.41) is 30.6. The minimum Gasteiger partial charge on any atom is -0.493 e. The van der Waals surface area contributed by atoms with E-state index in [4.69, 9.17) is 49.1 Å². The van der Waals surface area contributed by atoms with Gasteiger partial charge in [0.15, 0.2) is 0 Å². The van der Waals surface area contributed by atoms with Crippen molar-refractivity contribution in [3.8, 4) is 5.75 Å². The Hall–Kier alpha value is -13.2. The highest BCUT2D eigenvalue weighted by Gasteiger charge is 2.46. The molecule has 16 heterocycles. The monoisotopic (exact) mass is 1770 g/mol. The van der Waals surface area contributed by atoms with E-state index < -0.39 is 17.8 Å². The van der Waals surface area contributed by atoms with Crippen molar-refractivity contribution in [2.24, 2.45) is 11.5 Å². The van der Waals surface area contributed by atoms with Gasteiger partial charge in [-0.05, 0) is 241 Å². The molecular weight excluding hydrogens is 1650 g/mol. The van der Waals surface area contributed by atoms with Gasteiger partial charge >= 0.3 is 23.9 Å². The first-order chi connectivity index (χ1) is 60.4. The summed E-state index contributed by atoms with van der Waals surface area (Å²) in [5.41, 5.74) is 22.0. The molecule has 12 N–H and O–H groups in total. The van der Waals surface area contributed by atoms with Crippen molar-refractivity contribution in [1.82, 2.24) is 42.0 Å². The molecule has 11 aromatic rings. The molecule has 8 atom stereocenters. The lowest BCUT2D eigenvalue weighted by Gasteiger charge is -2.40. The molecule has 8 unspecified atom stereocenters. The number of hydrogen-bond acceptors (Lipinski definition) is 24. The van der Waals surface area contributed by atoms with Crippen molar-refractivity contribution in [2.45, 2.75) is 245 Å². The molecule has 8 saturated heterocycles. The van der Waals surface area contributed by atoms with Gasteiger partial charge in [0, 0.05) is 169 Å². The Labute approximate surface area is 761 Å². The SMILES string of the molecule is C.C.C.CCOC(=O)c1ccc(N2C3CCC2CC(N)C3)nc1.CCOC(=O)c1ccc(N2C3CCC2CC(NC(=O)c2ccc4c(c2C)OCC4)C3)nc1.Cc1c(C(=O)NC2CC3CCC(C2)N3c2ccc(C(=O)O)cn2)ccc2ccoc12.Cc1c(C(=O)NC2CC3CCC(C2)N3c2ccc(C(N)=O)cn2)ccc2ccoc12.Cc1c(C(=O)O)ccc2ccoc12.N.[2HH].[B]. The van der Waals surface area contributed by atoms with E-state index in [1.54, 1.807) is 101 Å². The number of nitrogens with one attached hydrogen (secondary N) is 3. The second-order valence-corrected chi connectivity index (χ2v) is 33.9. The second-order valence-electron chi connectivity index (χ2n) is 33.9. The topological polar surface area (TPSA) is 432 Å². The van der Waals surface area contributed by atoms with Gasteiger partial charge in [0.2, 0.25) is 5.91 Å². The first kappa shape index (κ1) is 97.5. The fourth-order valence-electron chi connectivity index (χ4n) is 20.4. The number of nitrogens with zero attached hydrogens (tertiary/aromatic N) is 8. The lowest BCUT2D eigenvalue weighted by atomic mass is 9.96. The highest BCUT2D eigenvalue weighted by atomic mass is 16.5. The van der Waals surface area contributed by atoms with Crippen molar-refractivity contribution in [1.29, 1.82) is 0 Å². The number of carbonyl (C=O) groups is 8. The maximum absolute atomic E-state index is 13.0. The van der Waals surface area contributed by atoms with Crippen LogP contribution >= 0.6 is 0 Å². The summed E-state index contributed by atoms with van der Waals surface area (Å²) in [6.07, 6.45) is 28.1. The Kier molecular flexibility index (Phi) is 31.8. The zero-order valence-corrected chi connectivity index (χ0v) is 72.2. The van der Waals surface area contributed by atoms with Crippen LogP contribution in [0.4, 0.5) is 23.3 Å². The summed E-state index contributed by atoms with van der Waals surface area (Å²) in [6, 6.07) is 38.5. The number of anilines is 4. The Balaban J connectivity index is 0.000000172. The third-order valence-electron chi connectivity index (χ3n) is 26.3. The smallest absolute Gasteiger partial charge is 0.339 e. The third-order valence-corrected chi connectivity index (χ3v) is 26.3. The van der Waals surface area contributed by atoms with E-state index in [-0.39, 0.29) is 91.6 Å². The highest BCUT2D eigenvalue weighted by Crippen LogP contribution is 2.44. The zero-order chi connectivity index (χ0) is 87.4. The normalized spacial score (nSPS) is 21.8. The number of hydrogen-bond donors (Lipinski definition) is 8. The maximum Gasteiger partial charge on any atom is 0.339 e. The molecule has 0 spiro atoms. The lowest BCUT2D eigenvalue weighted by molar-refractivity contribution is 0.0516. The number of primary amides is 1. The summed E-state index contributed by atoms with van der Waals surface area (Å²) < 4.78 is 32.0. The van der Waals surface area contributed by atoms with Crippen LogP contribution in [0.5, 0.6) is 5.75 Å². The molecule has 8 bridgehead atoms. The number of aromatic nitrogens is 4. The summed E-state index contributed by atoms with van der Waals surface area (Å²) >= 11 is 0. The number of nitrogens with two attached hydrogens (primary N) is 2. The minimum atomic E-state index is -0.971. The fourth-order valence-corrected chi connectivity index (χ4v) is 20.4. The lowest BCUT2D eigenvalue weighted by Crippen LogP contribution is -2.50. The Morgan fingerprint density at radius 1 is 0.415 bits per heavy atom. The number of esters is 2. The van der Waals surface area contributed by atoms with Gasteiger partial charge in [-0.25, -0.2) is 39.1 Å². The van der Waals surface area contributed by atoms with Gasteiger partial charge < -0.3 is 90.8 Å². The second kappa shape index (κ2) is 42.4. The first-order valence-corrected chi connectivity index (χ1v) is 43.4. The number of furan rings is 3. The van der Waals surface area contributed by atoms with Crippen LogP contribution in [0.3, 0.4) is 0 Å². The van der Waals surface area contributed by atoms with Crippen LogP contribution in [0, 0.1) is 27.7 Å². The highest BCUT2D eigenvalue weighted by molar-refractivity contribution is 6.02. The van der Waals surface area contributed by atoms with Gasteiger partial charge in [-0.3, -0.25) is 19.2 Å². The number of carboxylic acids is 2. The van der Waals surface area contributed by atoms with Crippen molar-refractivity contribution < 1.29 is 77.5 Å². The Morgan fingerprint density at radius 3 is 1.04 bits per heavy atom. The van der Waals surface area contributed by atoms with E-state index in [2.05, 4.69) is 55.5 Å². The van der Waals surface area contributed by atoms with Crippen molar-refractivity contribution in [2.75, 3.05) is 39.4 Å². The Bertz CT molecular complexity index is 5620. The average molecular weight is 1780 g/mol. The van der Waals surface area contributed by atoms with E-state index >= 15 is 0 Å². The average Bonchev–Trinajstić information content (AvgIpc) is 1.59. The van der Waals surface area contributed by atoms with Crippen LogP contribution in [-0.4, -0.2) is 178 Å². The molecule has 4 aromatic carbocycles.